The number of anilines is 1. The zero-order valence-electron chi connectivity index (χ0n) is 9.95. The molecule has 0 saturated carbocycles. The van der Waals surface area contributed by atoms with E-state index in [2.05, 4.69) is 16.4 Å². The highest BCUT2D eigenvalue weighted by atomic mass is 35.5. The third-order valence-electron chi connectivity index (χ3n) is 2.99. The molecule has 18 heavy (non-hydrogen) atoms. The molecular formula is C13H15ClN2O2. The van der Waals surface area contributed by atoms with Crippen LogP contribution in [-0.2, 0) is 0 Å². The molecule has 1 aromatic rings. The van der Waals surface area contributed by atoms with Crippen LogP contribution in [0.3, 0.4) is 0 Å². The van der Waals surface area contributed by atoms with Crippen molar-refractivity contribution in [2.45, 2.75) is 25.7 Å². The number of aromatic nitrogens is 1. The van der Waals surface area contributed by atoms with Gasteiger partial charge in [0.1, 0.15) is 5.82 Å². The molecule has 0 amide bonds. The molecule has 0 atom stereocenters. The molecule has 2 N–H and O–H groups in total. The van der Waals surface area contributed by atoms with Crippen LogP contribution in [0.1, 0.15) is 36.0 Å². The second-order valence-corrected chi connectivity index (χ2v) is 4.64. The first-order valence-corrected chi connectivity index (χ1v) is 6.36. The van der Waals surface area contributed by atoms with E-state index in [1.165, 1.54) is 30.7 Å². The van der Waals surface area contributed by atoms with Gasteiger partial charge in [0.25, 0.3) is 0 Å². The van der Waals surface area contributed by atoms with Gasteiger partial charge in [0.15, 0.2) is 0 Å². The van der Waals surface area contributed by atoms with Crippen LogP contribution in [0.5, 0.6) is 0 Å². The first kappa shape index (κ1) is 12.9. The highest BCUT2D eigenvalue weighted by Gasteiger charge is 2.13. The maximum atomic E-state index is 10.9. The average molecular weight is 267 g/mol. The third-order valence-corrected chi connectivity index (χ3v) is 3.38. The number of nitrogens with one attached hydrogen (secondary N) is 1. The fourth-order valence-corrected chi connectivity index (χ4v) is 2.30. The number of allylic oxidation sites excluding steroid dienone is 1. The van der Waals surface area contributed by atoms with Crippen molar-refractivity contribution in [3.8, 4) is 0 Å². The predicted octanol–water partition coefficient (Wildman–Crippen LogP) is 3.35. The van der Waals surface area contributed by atoms with Gasteiger partial charge in [0.05, 0.1) is 10.6 Å². The summed E-state index contributed by atoms with van der Waals surface area (Å²) in [5, 5.41) is 12.2. The largest absolute Gasteiger partial charge is 0.478 e. The summed E-state index contributed by atoms with van der Waals surface area (Å²) in [7, 11) is 0. The van der Waals surface area contributed by atoms with Crippen molar-refractivity contribution in [3.05, 3.63) is 34.5 Å². The molecule has 5 heteroatoms. The van der Waals surface area contributed by atoms with Gasteiger partial charge in [0.2, 0.25) is 0 Å². The fourth-order valence-electron chi connectivity index (χ4n) is 2.04. The van der Waals surface area contributed by atoms with E-state index in [-0.39, 0.29) is 10.6 Å². The maximum absolute atomic E-state index is 10.9. The van der Waals surface area contributed by atoms with E-state index >= 15 is 0 Å². The molecule has 1 aromatic heterocycles. The summed E-state index contributed by atoms with van der Waals surface area (Å²) in [5.41, 5.74) is 1.53. The summed E-state index contributed by atoms with van der Waals surface area (Å²) in [5.74, 6) is -0.598. The number of hydrogen-bond acceptors (Lipinski definition) is 3. The predicted molar refractivity (Wildman–Crippen MR) is 71.2 cm³/mol. The van der Waals surface area contributed by atoms with Crippen molar-refractivity contribution < 1.29 is 9.90 Å². The Morgan fingerprint density at radius 2 is 2.39 bits per heavy atom. The Kier molecular flexibility index (Phi) is 4.20. The first-order valence-electron chi connectivity index (χ1n) is 5.98. The molecule has 0 radical (unpaired) electrons. The maximum Gasteiger partial charge on any atom is 0.337 e. The van der Waals surface area contributed by atoms with Crippen LogP contribution < -0.4 is 5.32 Å². The molecule has 0 spiro atoms. The van der Waals surface area contributed by atoms with E-state index in [0.717, 1.165) is 19.4 Å². The molecule has 0 aliphatic heterocycles. The smallest absolute Gasteiger partial charge is 0.337 e. The molecule has 1 aliphatic carbocycles. The van der Waals surface area contributed by atoms with E-state index in [9.17, 15) is 4.79 Å². The van der Waals surface area contributed by atoms with Crippen LogP contribution in [0.15, 0.2) is 23.9 Å². The minimum absolute atomic E-state index is 0.0780. The van der Waals surface area contributed by atoms with Crippen LogP contribution in [0.2, 0.25) is 5.02 Å². The number of carboxylic acids is 1. The van der Waals surface area contributed by atoms with Crippen LogP contribution in [0, 0.1) is 0 Å². The molecule has 0 saturated heterocycles. The van der Waals surface area contributed by atoms with Gasteiger partial charge in [-0.2, -0.15) is 0 Å². The Morgan fingerprint density at radius 1 is 1.56 bits per heavy atom. The summed E-state index contributed by atoms with van der Waals surface area (Å²) in [6, 6.07) is 1.40. The molecule has 1 aliphatic rings. The fraction of sp³-hybridized carbons (Fsp3) is 0.385. The van der Waals surface area contributed by atoms with Crippen molar-refractivity contribution in [2.24, 2.45) is 0 Å². The van der Waals surface area contributed by atoms with Gasteiger partial charge in [-0.1, -0.05) is 23.3 Å². The zero-order chi connectivity index (χ0) is 13.0. The lowest BCUT2D eigenvalue weighted by Crippen LogP contribution is -2.07. The highest BCUT2D eigenvalue weighted by molar-refractivity contribution is 6.35. The SMILES string of the molecule is O=C(O)c1ccnc(NCCC2=CCCC2)c1Cl. The molecule has 0 aromatic carbocycles. The molecule has 1 heterocycles. The number of hydrogen-bond donors (Lipinski definition) is 2. The molecule has 4 nitrogen and oxygen atoms in total. The van der Waals surface area contributed by atoms with Crippen molar-refractivity contribution in [3.63, 3.8) is 0 Å². The van der Waals surface area contributed by atoms with Crippen molar-refractivity contribution in [2.75, 3.05) is 11.9 Å². The summed E-state index contributed by atoms with van der Waals surface area (Å²) in [6.07, 6.45) is 8.25. The zero-order valence-corrected chi connectivity index (χ0v) is 10.7. The number of carboxylic acid groups (broad SMARTS) is 1. The topological polar surface area (TPSA) is 62.2 Å². The van der Waals surface area contributed by atoms with Crippen LogP contribution >= 0.6 is 11.6 Å². The number of nitrogens with zero attached hydrogens (tertiary/aromatic N) is 1. The Bertz CT molecular complexity index is 486. The van der Waals surface area contributed by atoms with Gasteiger partial charge < -0.3 is 10.4 Å². The third kappa shape index (κ3) is 3.01. The van der Waals surface area contributed by atoms with Gasteiger partial charge >= 0.3 is 5.97 Å². The number of pyridine rings is 1. The van der Waals surface area contributed by atoms with Crippen LogP contribution in [0.25, 0.3) is 0 Å². The van der Waals surface area contributed by atoms with Crippen LogP contribution in [-0.4, -0.2) is 22.6 Å². The number of carbonyl (C=O) groups is 1. The van der Waals surface area contributed by atoms with E-state index in [1.807, 2.05) is 0 Å². The lowest BCUT2D eigenvalue weighted by atomic mass is 10.2. The van der Waals surface area contributed by atoms with Crippen LogP contribution in [0.4, 0.5) is 5.82 Å². The molecule has 0 unspecified atom stereocenters. The quantitative estimate of drug-likeness (QED) is 0.803. The van der Waals surface area contributed by atoms with Gasteiger partial charge in [-0.15, -0.1) is 0 Å². The van der Waals surface area contributed by atoms with E-state index in [4.69, 9.17) is 16.7 Å². The Labute approximate surface area is 111 Å². The molecule has 2 rings (SSSR count). The minimum Gasteiger partial charge on any atom is -0.478 e. The number of rotatable bonds is 5. The molecule has 0 fully saturated rings. The van der Waals surface area contributed by atoms with Crippen molar-refractivity contribution in [1.29, 1.82) is 0 Å². The van der Waals surface area contributed by atoms with Gasteiger partial charge in [-0.3, -0.25) is 0 Å². The highest BCUT2D eigenvalue weighted by Crippen LogP contribution is 2.24. The summed E-state index contributed by atoms with van der Waals surface area (Å²) < 4.78 is 0. The van der Waals surface area contributed by atoms with E-state index in [0.29, 0.717) is 5.82 Å². The Hall–Kier alpha value is -1.55. The van der Waals surface area contributed by atoms with Crippen molar-refractivity contribution >= 4 is 23.4 Å². The number of halogens is 1. The average Bonchev–Trinajstić information content (AvgIpc) is 2.84. The Morgan fingerprint density at radius 3 is 3.06 bits per heavy atom. The molecular weight excluding hydrogens is 252 g/mol. The van der Waals surface area contributed by atoms with E-state index < -0.39 is 5.97 Å². The lowest BCUT2D eigenvalue weighted by Gasteiger charge is -2.09. The normalized spacial score (nSPS) is 14.4. The number of aromatic carboxylic acids is 1. The summed E-state index contributed by atoms with van der Waals surface area (Å²) in [6.45, 7) is 0.724. The Balaban J connectivity index is 1.96. The molecule has 0 bridgehead atoms. The van der Waals surface area contributed by atoms with Crippen molar-refractivity contribution in [1.82, 2.24) is 4.98 Å². The standard InChI is InChI=1S/C13H15ClN2O2/c14-11-10(13(17)18)6-8-16-12(11)15-7-5-9-3-1-2-4-9/h3,6,8H,1-2,4-5,7H2,(H,15,16)(H,17,18). The second kappa shape index (κ2) is 5.87. The summed E-state index contributed by atoms with van der Waals surface area (Å²) >= 11 is 5.98. The van der Waals surface area contributed by atoms with Gasteiger partial charge in [-0.05, 0) is 31.7 Å². The summed E-state index contributed by atoms with van der Waals surface area (Å²) in [4.78, 5) is 15.0. The first-order chi connectivity index (χ1) is 8.68. The lowest BCUT2D eigenvalue weighted by molar-refractivity contribution is 0.0697. The monoisotopic (exact) mass is 266 g/mol. The van der Waals surface area contributed by atoms with Gasteiger partial charge in [0, 0.05) is 12.7 Å². The molecule has 96 valence electrons. The van der Waals surface area contributed by atoms with E-state index in [1.54, 1.807) is 0 Å². The second-order valence-electron chi connectivity index (χ2n) is 4.26. The minimum atomic E-state index is -1.04. The van der Waals surface area contributed by atoms with Gasteiger partial charge in [-0.25, -0.2) is 9.78 Å².